The SMILES string of the molecule is COC(=O)C1C(=O)CC[C@H]2CN3CCc4c([nH]c5ccccc45)C3CC12. The molecule has 0 radical (unpaired) electrons. The third kappa shape index (κ3) is 2.26. The molecule has 1 N–H and O–H groups in total. The molecule has 26 heavy (non-hydrogen) atoms. The Labute approximate surface area is 152 Å². The maximum absolute atomic E-state index is 12.5. The zero-order valence-electron chi connectivity index (χ0n) is 15.0. The first kappa shape index (κ1) is 16.1. The van der Waals surface area contributed by atoms with Crippen LogP contribution in [0.3, 0.4) is 0 Å². The fourth-order valence-corrected chi connectivity index (χ4v) is 5.61. The normalized spacial score (nSPS) is 31.2. The number of benzene rings is 1. The second-order valence-corrected chi connectivity index (χ2v) is 7.99. The summed E-state index contributed by atoms with van der Waals surface area (Å²) in [6, 6.07) is 8.74. The van der Waals surface area contributed by atoms with Gasteiger partial charge in [-0.3, -0.25) is 14.5 Å². The van der Waals surface area contributed by atoms with Crippen LogP contribution >= 0.6 is 0 Å². The summed E-state index contributed by atoms with van der Waals surface area (Å²) in [5, 5.41) is 1.31. The number of ether oxygens (including phenoxy) is 1. The average Bonchev–Trinajstić information content (AvgIpc) is 3.05. The predicted molar refractivity (Wildman–Crippen MR) is 97.7 cm³/mol. The molecule has 2 aromatic rings. The minimum absolute atomic E-state index is 0.0687. The van der Waals surface area contributed by atoms with Crippen LogP contribution in [0.4, 0.5) is 0 Å². The summed E-state index contributed by atoms with van der Waals surface area (Å²) >= 11 is 0. The first-order chi connectivity index (χ1) is 12.7. The highest BCUT2D eigenvalue weighted by Crippen LogP contribution is 2.48. The Morgan fingerprint density at radius 2 is 2.12 bits per heavy atom. The van der Waals surface area contributed by atoms with Crippen LogP contribution in [-0.2, 0) is 20.7 Å². The number of hydrogen-bond donors (Lipinski definition) is 1. The van der Waals surface area contributed by atoms with Crippen LogP contribution in [0, 0.1) is 17.8 Å². The van der Waals surface area contributed by atoms with Gasteiger partial charge in [0.15, 0.2) is 0 Å². The fraction of sp³-hybridized carbons (Fsp3) is 0.524. The lowest BCUT2D eigenvalue weighted by atomic mass is 9.65. The standard InChI is InChI=1S/C21H24N2O3/c1-26-21(25)19-15-10-17-20-14(13-4-2-3-5-16(13)22-20)8-9-23(17)11-12(15)6-7-18(19)24/h2-5,12,15,17,19,22H,6-11H2,1H3/t12-,15?,17?,19?/m0/s1. The molecule has 0 spiro atoms. The summed E-state index contributed by atoms with van der Waals surface area (Å²) in [6.07, 6.45) is 3.33. The summed E-state index contributed by atoms with van der Waals surface area (Å²) in [6.45, 7) is 2.03. The van der Waals surface area contributed by atoms with E-state index < -0.39 is 5.92 Å². The number of rotatable bonds is 1. The van der Waals surface area contributed by atoms with Crippen LogP contribution in [0.25, 0.3) is 10.9 Å². The molecule has 5 nitrogen and oxygen atoms in total. The average molecular weight is 352 g/mol. The lowest BCUT2D eigenvalue weighted by Gasteiger charge is -2.49. The van der Waals surface area contributed by atoms with E-state index in [4.69, 9.17) is 4.74 Å². The van der Waals surface area contributed by atoms with Gasteiger partial charge in [0.25, 0.3) is 0 Å². The van der Waals surface area contributed by atoms with E-state index in [1.165, 1.54) is 29.3 Å². The van der Waals surface area contributed by atoms with E-state index >= 15 is 0 Å². The topological polar surface area (TPSA) is 62.4 Å². The Morgan fingerprint density at radius 3 is 2.96 bits per heavy atom. The molecule has 2 aliphatic heterocycles. The molecule has 1 aliphatic carbocycles. The minimum Gasteiger partial charge on any atom is -0.468 e. The molecule has 0 amide bonds. The molecule has 1 saturated carbocycles. The zero-order chi connectivity index (χ0) is 17.8. The first-order valence-corrected chi connectivity index (χ1v) is 9.61. The number of carbonyl (C=O) groups is 2. The third-order valence-electron chi connectivity index (χ3n) is 6.83. The molecule has 5 heteroatoms. The highest BCUT2D eigenvalue weighted by Gasteiger charge is 2.49. The van der Waals surface area contributed by atoms with Crippen molar-refractivity contribution in [1.29, 1.82) is 0 Å². The van der Waals surface area contributed by atoms with E-state index in [9.17, 15) is 9.59 Å². The lowest BCUT2D eigenvalue weighted by molar-refractivity contribution is -0.157. The maximum atomic E-state index is 12.5. The van der Waals surface area contributed by atoms with Crippen molar-refractivity contribution in [3.63, 3.8) is 0 Å². The van der Waals surface area contributed by atoms with Gasteiger partial charge in [0, 0.05) is 36.1 Å². The molecule has 5 rings (SSSR count). The molecule has 3 aliphatic rings. The summed E-state index contributed by atoms with van der Waals surface area (Å²) < 4.78 is 4.98. The van der Waals surface area contributed by atoms with Gasteiger partial charge in [-0.25, -0.2) is 0 Å². The first-order valence-electron chi connectivity index (χ1n) is 9.61. The fourth-order valence-electron chi connectivity index (χ4n) is 5.61. The number of nitrogens with zero attached hydrogens (tertiary/aromatic N) is 1. The van der Waals surface area contributed by atoms with E-state index in [0.29, 0.717) is 12.3 Å². The second kappa shape index (κ2) is 5.95. The van der Waals surface area contributed by atoms with Crippen LogP contribution in [0.1, 0.15) is 36.6 Å². The number of H-pyrrole nitrogens is 1. The van der Waals surface area contributed by atoms with Gasteiger partial charge in [-0.15, -0.1) is 0 Å². The number of hydrogen-bond acceptors (Lipinski definition) is 4. The summed E-state index contributed by atoms with van der Waals surface area (Å²) in [7, 11) is 1.39. The van der Waals surface area contributed by atoms with Crippen molar-refractivity contribution in [3.05, 3.63) is 35.5 Å². The number of piperidine rings is 1. The van der Waals surface area contributed by atoms with Crippen molar-refractivity contribution in [2.24, 2.45) is 17.8 Å². The number of ketones is 1. The van der Waals surface area contributed by atoms with Crippen LogP contribution < -0.4 is 0 Å². The van der Waals surface area contributed by atoms with E-state index in [1.807, 2.05) is 0 Å². The second-order valence-electron chi connectivity index (χ2n) is 7.99. The number of nitrogens with one attached hydrogen (secondary N) is 1. The van der Waals surface area contributed by atoms with Gasteiger partial charge in [-0.2, -0.15) is 0 Å². The van der Waals surface area contributed by atoms with Crippen LogP contribution in [0.5, 0.6) is 0 Å². The van der Waals surface area contributed by atoms with Gasteiger partial charge in [0.2, 0.25) is 0 Å². The highest BCUT2D eigenvalue weighted by atomic mass is 16.5. The van der Waals surface area contributed by atoms with E-state index in [0.717, 1.165) is 32.4 Å². The zero-order valence-corrected chi connectivity index (χ0v) is 15.0. The van der Waals surface area contributed by atoms with Gasteiger partial charge in [-0.05, 0) is 42.7 Å². The maximum Gasteiger partial charge on any atom is 0.316 e. The van der Waals surface area contributed by atoms with Gasteiger partial charge >= 0.3 is 5.97 Å². The molecule has 3 heterocycles. The molecule has 1 aromatic carbocycles. The number of aromatic nitrogens is 1. The van der Waals surface area contributed by atoms with E-state index in [2.05, 4.69) is 34.1 Å². The number of para-hydroxylation sites is 1. The van der Waals surface area contributed by atoms with E-state index in [-0.39, 0.29) is 23.7 Å². The Hall–Kier alpha value is -2.14. The quantitative estimate of drug-likeness (QED) is 0.633. The van der Waals surface area contributed by atoms with Crippen LogP contribution in [0.15, 0.2) is 24.3 Å². The number of esters is 1. The number of methoxy groups -OCH3 is 1. The van der Waals surface area contributed by atoms with Crippen molar-refractivity contribution in [2.45, 2.75) is 31.7 Å². The Bertz CT molecular complexity index is 879. The Morgan fingerprint density at radius 1 is 1.27 bits per heavy atom. The number of carbonyl (C=O) groups excluding carboxylic acids is 2. The molecular weight excluding hydrogens is 328 g/mol. The van der Waals surface area contributed by atoms with Crippen molar-refractivity contribution in [2.75, 3.05) is 20.2 Å². The molecular formula is C21H24N2O3. The smallest absolute Gasteiger partial charge is 0.316 e. The van der Waals surface area contributed by atoms with E-state index in [1.54, 1.807) is 0 Å². The number of aromatic amines is 1. The molecule has 1 saturated heterocycles. The van der Waals surface area contributed by atoms with Crippen molar-refractivity contribution < 1.29 is 14.3 Å². The summed E-state index contributed by atoms with van der Waals surface area (Å²) in [4.78, 5) is 31.0. The molecule has 1 aromatic heterocycles. The Kier molecular flexibility index (Phi) is 3.67. The minimum atomic E-state index is -0.573. The predicted octanol–water partition coefficient (Wildman–Crippen LogP) is 2.86. The number of fused-ring (bicyclic) bond motifs is 6. The van der Waals surface area contributed by atoms with Gasteiger partial charge in [0.1, 0.15) is 11.7 Å². The molecule has 4 atom stereocenters. The van der Waals surface area contributed by atoms with Crippen LogP contribution in [0.2, 0.25) is 0 Å². The van der Waals surface area contributed by atoms with Crippen molar-refractivity contribution in [1.82, 2.24) is 9.88 Å². The monoisotopic (exact) mass is 352 g/mol. The molecule has 2 fully saturated rings. The lowest BCUT2D eigenvalue weighted by Crippen LogP contribution is -2.52. The van der Waals surface area contributed by atoms with Crippen molar-refractivity contribution in [3.8, 4) is 0 Å². The van der Waals surface area contributed by atoms with Gasteiger partial charge in [0.05, 0.1) is 13.2 Å². The molecule has 3 unspecified atom stereocenters. The summed E-state index contributed by atoms with van der Waals surface area (Å²) in [5.41, 5.74) is 3.89. The van der Waals surface area contributed by atoms with Gasteiger partial charge in [-0.1, -0.05) is 18.2 Å². The molecule has 0 bridgehead atoms. The molecule has 136 valence electrons. The highest BCUT2D eigenvalue weighted by molar-refractivity contribution is 6.00. The van der Waals surface area contributed by atoms with Gasteiger partial charge < -0.3 is 9.72 Å². The van der Waals surface area contributed by atoms with Crippen molar-refractivity contribution >= 4 is 22.7 Å². The summed E-state index contributed by atoms with van der Waals surface area (Å²) in [5.74, 6) is -0.331. The third-order valence-corrected chi connectivity index (χ3v) is 6.83. The largest absolute Gasteiger partial charge is 0.468 e. The number of Topliss-reactive ketones (excluding diaryl/α,β-unsaturated/α-hetero) is 1. The Balaban J connectivity index is 1.53. The van der Waals surface area contributed by atoms with Crippen LogP contribution in [-0.4, -0.2) is 41.8 Å².